The highest BCUT2D eigenvalue weighted by molar-refractivity contribution is 5.88. The number of aliphatic hydroxyl groups is 1. The van der Waals surface area contributed by atoms with Gasteiger partial charge < -0.3 is 31.5 Å². The number of carbonyl (C=O) groups excluding carboxylic acids is 1. The molecule has 194 valence electrons. The molecule has 7 nitrogen and oxygen atoms in total. The number of alkyl halides is 3. The molecule has 1 atom stereocenters. The largest absolute Gasteiger partial charge is 0.490 e. The van der Waals surface area contributed by atoms with Gasteiger partial charge in [0.2, 0.25) is 5.91 Å². The maximum Gasteiger partial charge on any atom is 0.423 e. The summed E-state index contributed by atoms with van der Waals surface area (Å²) in [6, 6.07) is 18.9. The molecular weight excluding hydrogens is 473 g/mol. The molecule has 0 saturated carbocycles. The third-order valence-electron chi connectivity index (χ3n) is 5.82. The molecule has 0 heterocycles. The number of nitrogens with zero attached hydrogens (tertiary/aromatic N) is 1. The van der Waals surface area contributed by atoms with E-state index in [1.165, 1.54) is 29.2 Å². The fourth-order valence-corrected chi connectivity index (χ4v) is 3.63. The predicted molar refractivity (Wildman–Crippen MR) is 132 cm³/mol. The van der Waals surface area contributed by atoms with E-state index < -0.39 is 17.9 Å². The Balaban J connectivity index is 1.38. The first-order valence-corrected chi connectivity index (χ1v) is 11.5. The SMILES string of the molecule is CN(Cc1ccc(C(N)(N)C(F)(F)F)cc1)C(=O)CCNCC(O)COc1cccc2ccccc12. The number of fused-ring (bicyclic) bond motifs is 1. The lowest BCUT2D eigenvalue weighted by Crippen LogP contribution is -2.57. The van der Waals surface area contributed by atoms with Crippen molar-refractivity contribution in [1.82, 2.24) is 10.2 Å². The lowest BCUT2D eigenvalue weighted by molar-refractivity contribution is -0.188. The molecule has 10 heteroatoms. The van der Waals surface area contributed by atoms with Gasteiger partial charge in [-0.05, 0) is 22.6 Å². The average Bonchev–Trinajstić information content (AvgIpc) is 2.84. The molecule has 3 rings (SSSR count). The molecule has 0 radical (unpaired) electrons. The number of aliphatic hydroxyl groups excluding tert-OH is 1. The van der Waals surface area contributed by atoms with Crippen LogP contribution in [-0.4, -0.2) is 54.9 Å². The molecule has 0 aliphatic carbocycles. The van der Waals surface area contributed by atoms with Gasteiger partial charge in [0.05, 0.1) is 0 Å². The first-order chi connectivity index (χ1) is 17.0. The molecule has 0 fully saturated rings. The van der Waals surface area contributed by atoms with Gasteiger partial charge in [0, 0.05) is 38.5 Å². The number of carbonyl (C=O) groups is 1. The lowest BCUT2D eigenvalue weighted by atomic mass is 9.99. The average molecular weight is 505 g/mol. The minimum atomic E-state index is -4.79. The number of hydrogen-bond donors (Lipinski definition) is 4. The Morgan fingerprint density at radius 3 is 2.42 bits per heavy atom. The van der Waals surface area contributed by atoms with Crippen LogP contribution >= 0.6 is 0 Å². The smallest absolute Gasteiger partial charge is 0.423 e. The Bertz CT molecular complexity index is 1150. The van der Waals surface area contributed by atoms with E-state index in [9.17, 15) is 23.1 Å². The minimum absolute atomic E-state index is 0.103. The Hall–Kier alpha value is -3.18. The fourth-order valence-electron chi connectivity index (χ4n) is 3.63. The van der Waals surface area contributed by atoms with Crippen molar-refractivity contribution in [2.24, 2.45) is 11.5 Å². The van der Waals surface area contributed by atoms with Crippen molar-refractivity contribution in [1.29, 1.82) is 0 Å². The zero-order valence-electron chi connectivity index (χ0n) is 20.0. The Morgan fingerprint density at radius 2 is 1.72 bits per heavy atom. The van der Waals surface area contributed by atoms with Gasteiger partial charge in [0.25, 0.3) is 0 Å². The number of halogens is 3. The van der Waals surface area contributed by atoms with Crippen molar-refractivity contribution in [3.8, 4) is 5.75 Å². The van der Waals surface area contributed by atoms with Crippen LogP contribution in [0.5, 0.6) is 5.75 Å². The molecule has 6 N–H and O–H groups in total. The minimum Gasteiger partial charge on any atom is -0.490 e. The number of ether oxygens (including phenoxy) is 1. The van der Waals surface area contributed by atoms with Crippen LogP contribution < -0.4 is 21.5 Å². The topological polar surface area (TPSA) is 114 Å². The van der Waals surface area contributed by atoms with E-state index in [0.29, 0.717) is 17.9 Å². The molecule has 0 aliphatic heterocycles. The number of benzene rings is 3. The van der Waals surface area contributed by atoms with Gasteiger partial charge in [-0.2, -0.15) is 13.2 Å². The van der Waals surface area contributed by atoms with Crippen molar-refractivity contribution in [3.05, 3.63) is 77.9 Å². The molecule has 36 heavy (non-hydrogen) atoms. The summed E-state index contributed by atoms with van der Waals surface area (Å²) >= 11 is 0. The predicted octanol–water partition coefficient (Wildman–Crippen LogP) is 2.85. The van der Waals surface area contributed by atoms with Crippen LogP contribution in [0.3, 0.4) is 0 Å². The van der Waals surface area contributed by atoms with E-state index in [-0.39, 0.29) is 37.6 Å². The van der Waals surface area contributed by atoms with Gasteiger partial charge in [0.1, 0.15) is 18.5 Å². The van der Waals surface area contributed by atoms with Gasteiger partial charge in [0.15, 0.2) is 5.66 Å². The first kappa shape index (κ1) is 27.4. The van der Waals surface area contributed by atoms with Crippen LogP contribution in [0.2, 0.25) is 0 Å². The normalized spacial score (nSPS) is 13.0. The third-order valence-corrected chi connectivity index (χ3v) is 5.82. The molecule has 0 bridgehead atoms. The first-order valence-electron chi connectivity index (χ1n) is 11.5. The highest BCUT2D eigenvalue weighted by Gasteiger charge is 2.50. The van der Waals surface area contributed by atoms with Crippen LogP contribution in [0.4, 0.5) is 13.2 Å². The zero-order chi connectivity index (χ0) is 26.3. The van der Waals surface area contributed by atoms with Crippen molar-refractivity contribution in [2.75, 3.05) is 26.7 Å². The van der Waals surface area contributed by atoms with Crippen LogP contribution in [-0.2, 0) is 17.0 Å². The molecular formula is C26H31F3N4O3. The second-order valence-electron chi connectivity index (χ2n) is 8.71. The monoisotopic (exact) mass is 504 g/mol. The van der Waals surface area contributed by atoms with Crippen molar-refractivity contribution < 1.29 is 27.8 Å². The summed E-state index contributed by atoms with van der Waals surface area (Å²) in [6.45, 7) is 0.922. The van der Waals surface area contributed by atoms with Gasteiger partial charge in [-0.3, -0.25) is 4.79 Å². The summed E-state index contributed by atoms with van der Waals surface area (Å²) in [5.41, 5.74) is 7.90. The van der Waals surface area contributed by atoms with E-state index in [1.54, 1.807) is 7.05 Å². The molecule has 1 amide bonds. The summed E-state index contributed by atoms with van der Waals surface area (Å²) in [6.07, 6.45) is -5.36. The fraction of sp³-hybridized carbons (Fsp3) is 0.346. The number of hydrogen-bond acceptors (Lipinski definition) is 6. The standard InChI is InChI=1S/C26H31F3N4O3/c1-33(16-18-9-11-20(12-10-18)25(30,31)26(27,28)29)24(35)13-14-32-15-21(34)17-36-23-8-4-6-19-5-2-3-7-22(19)23/h2-12,21,32,34H,13-17,30-31H2,1H3. The molecule has 3 aromatic carbocycles. The van der Waals surface area contributed by atoms with Crippen LogP contribution in [0.1, 0.15) is 17.5 Å². The van der Waals surface area contributed by atoms with E-state index in [4.69, 9.17) is 16.2 Å². The molecule has 0 aliphatic rings. The maximum atomic E-state index is 13.0. The van der Waals surface area contributed by atoms with Gasteiger partial charge in [-0.25, -0.2) is 0 Å². The molecule has 0 saturated heterocycles. The van der Waals surface area contributed by atoms with Crippen molar-refractivity contribution >= 4 is 16.7 Å². The molecule has 0 spiro atoms. The highest BCUT2D eigenvalue weighted by Crippen LogP contribution is 2.32. The molecule has 3 aromatic rings. The highest BCUT2D eigenvalue weighted by atomic mass is 19.4. The summed E-state index contributed by atoms with van der Waals surface area (Å²) in [4.78, 5) is 13.9. The third kappa shape index (κ3) is 6.94. The van der Waals surface area contributed by atoms with E-state index in [1.807, 2.05) is 42.5 Å². The van der Waals surface area contributed by atoms with Crippen LogP contribution in [0.15, 0.2) is 66.7 Å². The maximum absolute atomic E-state index is 13.0. The zero-order valence-corrected chi connectivity index (χ0v) is 20.0. The van der Waals surface area contributed by atoms with Crippen molar-refractivity contribution in [2.45, 2.75) is 30.9 Å². The molecule has 0 aromatic heterocycles. The number of rotatable bonds is 11. The van der Waals surface area contributed by atoms with E-state index >= 15 is 0 Å². The summed E-state index contributed by atoms with van der Waals surface area (Å²) in [7, 11) is 1.61. The van der Waals surface area contributed by atoms with Crippen LogP contribution in [0.25, 0.3) is 10.8 Å². The van der Waals surface area contributed by atoms with Gasteiger partial charge >= 0.3 is 6.18 Å². The Labute approximate surface area is 207 Å². The summed E-state index contributed by atoms with van der Waals surface area (Å²) in [5.74, 6) is 0.536. The van der Waals surface area contributed by atoms with E-state index in [0.717, 1.165) is 10.8 Å². The Kier molecular flexibility index (Phi) is 8.91. The summed E-state index contributed by atoms with van der Waals surface area (Å²) in [5, 5.41) is 15.3. The second-order valence-corrected chi connectivity index (χ2v) is 8.71. The number of amides is 1. The van der Waals surface area contributed by atoms with Crippen molar-refractivity contribution in [3.63, 3.8) is 0 Å². The quantitative estimate of drug-likeness (QED) is 0.236. The lowest BCUT2D eigenvalue weighted by Gasteiger charge is -2.28. The Morgan fingerprint density at radius 1 is 1.06 bits per heavy atom. The molecule has 1 unspecified atom stereocenters. The van der Waals surface area contributed by atoms with Gasteiger partial charge in [-0.15, -0.1) is 0 Å². The van der Waals surface area contributed by atoms with Crippen LogP contribution in [0, 0.1) is 0 Å². The number of nitrogens with two attached hydrogens (primary N) is 2. The summed E-state index contributed by atoms with van der Waals surface area (Å²) < 4.78 is 44.7. The second kappa shape index (κ2) is 11.7. The number of nitrogens with one attached hydrogen (secondary N) is 1. The van der Waals surface area contributed by atoms with E-state index in [2.05, 4.69) is 5.32 Å². The van der Waals surface area contributed by atoms with Gasteiger partial charge in [-0.1, -0.05) is 60.7 Å².